The minimum atomic E-state index is -0.177. The van der Waals surface area contributed by atoms with Gasteiger partial charge >= 0.3 is 0 Å². The second-order valence-electron chi connectivity index (χ2n) is 6.78. The Morgan fingerprint density at radius 2 is 1.96 bits per heavy atom. The number of aromatic nitrogens is 3. The summed E-state index contributed by atoms with van der Waals surface area (Å²) in [7, 11) is 0. The number of halogens is 1. The summed E-state index contributed by atoms with van der Waals surface area (Å²) in [5.74, 6) is 0.0347. The number of fused-ring (bicyclic) bond motifs is 1. The van der Waals surface area contributed by atoms with E-state index in [1.807, 2.05) is 34.1 Å². The Labute approximate surface area is 171 Å². The molecule has 2 aromatic heterocycles. The summed E-state index contributed by atoms with van der Waals surface area (Å²) in [6, 6.07) is 9.06. The highest BCUT2D eigenvalue weighted by molar-refractivity contribution is 7.20. The molecule has 1 aliphatic heterocycles. The average Bonchev–Trinajstić information content (AvgIpc) is 3.10. The van der Waals surface area contributed by atoms with E-state index in [2.05, 4.69) is 17.0 Å². The van der Waals surface area contributed by atoms with Crippen molar-refractivity contribution in [3.63, 3.8) is 0 Å². The van der Waals surface area contributed by atoms with Crippen LogP contribution in [-0.2, 0) is 17.8 Å². The Hall–Kier alpha value is -2.45. The molecule has 3 heterocycles. The number of hydrogen-bond acceptors (Lipinski definition) is 6. The molecule has 0 radical (unpaired) electrons. The van der Waals surface area contributed by atoms with E-state index < -0.39 is 0 Å². The van der Waals surface area contributed by atoms with Gasteiger partial charge in [-0.15, -0.1) is 5.10 Å². The van der Waals surface area contributed by atoms with E-state index >= 15 is 0 Å². The maximum atomic E-state index is 12.6. The second-order valence-corrected chi connectivity index (χ2v) is 8.15. The van der Waals surface area contributed by atoms with Crippen molar-refractivity contribution in [1.82, 2.24) is 19.5 Å². The largest absolute Gasteiger partial charge is 0.336 e. The third kappa shape index (κ3) is 3.88. The zero-order chi connectivity index (χ0) is 19.7. The molecule has 0 aliphatic carbocycles. The fraction of sp³-hybridized carbons (Fsp3) is 0.368. The fourth-order valence-corrected chi connectivity index (χ4v) is 4.28. The van der Waals surface area contributed by atoms with Crippen LogP contribution < -0.4 is 10.5 Å². The molecule has 0 bridgehead atoms. The summed E-state index contributed by atoms with van der Waals surface area (Å²) in [5, 5.41) is 5.72. The molecule has 7 nitrogen and oxygen atoms in total. The molecule has 0 atom stereocenters. The van der Waals surface area contributed by atoms with Crippen LogP contribution in [0.25, 0.3) is 4.96 Å². The van der Waals surface area contributed by atoms with Gasteiger partial charge < -0.3 is 9.80 Å². The van der Waals surface area contributed by atoms with Gasteiger partial charge in [0.05, 0.1) is 6.54 Å². The van der Waals surface area contributed by atoms with Crippen molar-refractivity contribution >= 4 is 38.9 Å². The topological polar surface area (TPSA) is 70.8 Å². The van der Waals surface area contributed by atoms with Crippen LogP contribution in [0.4, 0.5) is 5.13 Å². The van der Waals surface area contributed by atoms with Gasteiger partial charge in [-0.3, -0.25) is 9.59 Å². The highest BCUT2D eigenvalue weighted by Crippen LogP contribution is 2.23. The Morgan fingerprint density at radius 3 is 2.68 bits per heavy atom. The van der Waals surface area contributed by atoms with Crippen molar-refractivity contribution in [2.24, 2.45) is 0 Å². The molecule has 1 fully saturated rings. The van der Waals surface area contributed by atoms with E-state index in [9.17, 15) is 9.59 Å². The van der Waals surface area contributed by atoms with Crippen LogP contribution in [0.15, 0.2) is 35.1 Å². The lowest BCUT2D eigenvalue weighted by atomic mass is 10.2. The molecule has 0 saturated carbocycles. The molecule has 1 aromatic carbocycles. The van der Waals surface area contributed by atoms with E-state index in [0.717, 1.165) is 24.1 Å². The smallest absolute Gasteiger partial charge is 0.275 e. The molecule has 28 heavy (non-hydrogen) atoms. The minimum Gasteiger partial charge on any atom is -0.336 e. The third-order valence-corrected chi connectivity index (χ3v) is 5.89. The number of anilines is 1. The Bertz CT molecular complexity index is 1060. The van der Waals surface area contributed by atoms with Crippen LogP contribution in [-0.4, -0.2) is 45.0 Å². The van der Waals surface area contributed by atoms with Gasteiger partial charge in [0, 0.05) is 36.4 Å². The number of hydrogen-bond donors (Lipinski definition) is 0. The molecular formula is C19H20ClN5O2S. The van der Waals surface area contributed by atoms with Crippen LogP contribution in [0.3, 0.4) is 0 Å². The number of piperazine rings is 1. The SMILES string of the molecule is CCCc1cc(=O)n2nc(N3CCN(Cc4ccc(Cl)cc4)C(=O)C3)sc2n1. The van der Waals surface area contributed by atoms with E-state index in [0.29, 0.717) is 34.7 Å². The van der Waals surface area contributed by atoms with Crippen LogP contribution in [0.2, 0.25) is 5.02 Å². The van der Waals surface area contributed by atoms with Crippen molar-refractivity contribution in [2.45, 2.75) is 26.3 Å². The van der Waals surface area contributed by atoms with Crippen molar-refractivity contribution in [3.8, 4) is 0 Å². The average molecular weight is 418 g/mol. The number of benzene rings is 1. The highest BCUT2D eigenvalue weighted by Gasteiger charge is 2.26. The summed E-state index contributed by atoms with van der Waals surface area (Å²) in [6.45, 7) is 4.11. The number of rotatable bonds is 5. The zero-order valence-corrected chi connectivity index (χ0v) is 17.0. The first-order valence-corrected chi connectivity index (χ1v) is 10.4. The van der Waals surface area contributed by atoms with Gasteiger partial charge in [-0.05, 0) is 24.1 Å². The predicted molar refractivity (Wildman–Crippen MR) is 110 cm³/mol. The van der Waals surface area contributed by atoms with Gasteiger partial charge in [-0.2, -0.15) is 4.52 Å². The van der Waals surface area contributed by atoms with Crippen LogP contribution in [0, 0.1) is 0 Å². The van der Waals surface area contributed by atoms with Crippen molar-refractivity contribution < 1.29 is 4.79 Å². The molecule has 146 valence electrons. The lowest BCUT2D eigenvalue weighted by Gasteiger charge is -2.34. The van der Waals surface area contributed by atoms with Gasteiger partial charge in [0.2, 0.25) is 16.0 Å². The quantitative estimate of drug-likeness (QED) is 0.638. The first-order chi connectivity index (χ1) is 13.5. The standard InChI is InChI=1S/C19H20ClN5O2S/c1-2-3-15-10-16(26)25-18(21-15)28-19(22-25)24-9-8-23(17(27)12-24)11-13-4-6-14(20)7-5-13/h4-7,10H,2-3,8-9,11-12H2,1H3. The lowest BCUT2D eigenvalue weighted by Crippen LogP contribution is -2.50. The van der Waals surface area contributed by atoms with E-state index in [-0.39, 0.29) is 18.0 Å². The molecule has 4 rings (SSSR count). The van der Waals surface area contributed by atoms with Crippen molar-refractivity contribution in [1.29, 1.82) is 0 Å². The van der Waals surface area contributed by atoms with E-state index in [1.54, 1.807) is 0 Å². The van der Waals surface area contributed by atoms with Gasteiger partial charge in [0.25, 0.3) is 5.56 Å². The Morgan fingerprint density at radius 1 is 1.18 bits per heavy atom. The summed E-state index contributed by atoms with van der Waals surface area (Å²) < 4.78 is 1.32. The van der Waals surface area contributed by atoms with Gasteiger partial charge in [-0.25, -0.2) is 4.98 Å². The highest BCUT2D eigenvalue weighted by atomic mass is 35.5. The molecule has 0 N–H and O–H groups in total. The summed E-state index contributed by atoms with van der Waals surface area (Å²) in [5.41, 5.74) is 1.65. The van der Waals surface area contributed by atoms with Crippen LogP contribution in [0.5, 0.6) is 0 Å². The van der Waals surface area contributed by atoms with Gasteiger partial charge in [0.1, 0.15) is 0 Å². The number of carbonyl (C=O) groups excluding carboxylic acids is 1. The number of nitrogens with zero attached hydrogens (tertiary/aromatic N) is 5. The van der Waals surface area contributed by atoms with Crippen LogP contribution in [0.1, 0.15) is 24.6 Å². The normalized spacial score (nSPS) is 14.9. The molecule has 1 aliphatic rings. The number of carbonyl (C=O) groups is 1. The fourth-order valence-electron chi connectivity index (χ4n) is 3.21. The molecule has 9 heteroatoms. The number of amides is 1. The van der Waals surface area contributed by atoms with Crippen LogP contribution >= 0.6 is 22.9 Å². The maximum absolute atomic E-state index is 12.6. The van der Waals surface area contributed by atoms with E-state index in [1.165, 1.54) is 21.9 Å². The molecule has 3 aromatic rings. The summed E-state index contributed by atoms with van der Waals surface area (Å²) in [4.78, 5) is 33.7. The van der Waals surface area contributed by atoms with Gasteiger partial charge in [-0.1, -0.05) is 48.4 Å². The van der Waals surface area contributed by atoms with E-state index in [4.69, 9.17) is 11.6 Å². The molecule has 1 amide bonds. The Kier molecular flexibility index (Phi) is 5.32. The third-order valence-electron chi connectivity index (χ3n) is 4.67. The van der Waals surface area contributed by atoms with Gasteiger partial charge in [0.15, 0.2) is 0 Å². The molecular weight excluding hydrogens is 398 g/mol. The predicted octanol–water partition coefficient (Wildman–Crippen LogP) is 2.61. The Balaban J connectivity index is 1.49. The summed E-state index contributed by atoms with van der Waals surface area (Å²) in [6.07, 6.45) is 1.69. The second kappa shape index (κ2) is 7.89. The first-order valence-electron chi connectivity index (χ1n) is 9.20. The molecule has 0 spiro atoms. The molecule has 0 unspecified atom stereocenters. The lowest BCUT2D eigenvalue weighted by molar-refractivity contribution is -0.131. The zero-order valence-electron chi connectivity index (χ0n) is 15.5. The summed E-state index contributed by atoms with van der Waals surface area (Å²) >= 11 is 7.27. The minimum absolute atomic E-state index is 0.0347. The van der Waals surface area contributed by atoms with Crippen molar-refractivity contribution in [2.75, 3.05) is 24.5 Å². The maximum Gasteiger partial charge on any atom is 0.275 e. The first kappa shape index (κ1) is 18.9. The number of aryl methyl sites for hydroxylation is 1. The molecule has 1 saturated heterocycles. The monoisotopic (exact) mass is 417 g/mol. The van der Waals surface area contributed by atoms with Crippen molar-refractivity contribution in [3.05, 3.63) is 57.0 Å².